The van der Waals surface area contributed by atoms with Crippen LogP contribution in [0.3, 0.4) is 0 Å². The molecule has 0 amide bonds. The van der Waals surface area contributed by atoms with E-state index in [1.54, 1.807) is 0 Å². The van der Waals surface area contributed by atoms with Gasteiger partial charge in [-0.1, -0.05) is 0 Å². The molecule has 0 spiro atoms. The fourth-order valence-corrected chi connectivity index (χ4v) is 1.70. The van der Waals surface area contributed by atoms with Crippen LogP contribution in [-0.2, 0) is 0 Å². The van der Waals surface area contributed by atoms with Crippen LogP contribution in [0, 0.1) is 17.0 Å². The SMILES string of the molecule is Cc1c(NC(CO)(CO)CO)cc(C(=O)O)cc1[N+](=O)[O-]. The van der Waals surface area contributed by atoms with Gasteiger partial charge in [0.1, 0.15) is 5.54 Å². The van der Waals surface area contributed by atoms with Gasteiger partial charge in [-0.3, -0.25) is 10.1 Å². The first kappa shape index (κ1) is 16.8. The first-order valence-corrected chi connectivity index (χ1v) is 5.93. The van der Waals surface area contributed by atoms with Crippen molar-refractivity contribution in [1.29, 1.82) is 0 Å². The minimum atomic E-state index is -1.52. The zero-order valence-corrected chi connectivity index (χ0v) is 11.2. The Labute approximate surface area is 119 Å². The highest BCUT2D eigenvalue weighted by atomic mass is 16.6. The maximum atomic E-state index is 11.0. The van der Waals surface area contributed by atoms with Gasteiger partial charge >= 0.3 is 5.97 Å². The monoisotopic (exact) mass is 300 g/mol. The van der Waals surface area contributed by atoms with Crippen molar-refractivity contribution >= 4 is 17.3 Å². The van der Waals surface area contributed by atoms with Gasteiger partial charge in [-0.2, -0.15) is 0 Å². The molecule has 0 radical (unpaired) electrons. The van der Waals surface area contributed by atoms with Gasteiger partial charge in [-0.25, -0.2) is 4.79 Å². The smallest absolute Gasteiger partial charge is 0.336 e. The molecule has 1 aromatic carbocycles. The molecule has 21 heavy (non-hydrogen) atoms. The molecular weight excluding hydrogens is 284 g/mol. The van der Waals surface area contributed by atoms with E-state index in [9.17, 15) is 30.2 Å². The van der Waals surface area contributed by atoms with Crippen molar-refractivity contribution in [1.82, 2.24) is 0 Å². The van der Waals surface area contributed by atoms with Gasteiger partial charge in [0, 0.05) is 17.3 Å². The molecule has 116 valence electrons. The number of hydrogen-bond donors (Lipinski definition) is 5. The van der Waals surface area contributed by atoms with E-state index in [0.717, 1.165) is 12.1 Å². The quantitative estimate of drug-likeness (QED) is 0.340. The second-order valence-corrected chi connectivity index (χ2v) is 4.61. The zero-order valence-electron chi connectivity index (χ0n) is 11.2. The van der Waals surface area contributed by atoms with E-state index in [2.05, 4.69) is 5.32 Å². The van der Waals surface area contributed by atoms with Crippen LogP contribution in [0.5, 0.6) is 0 Å². The standard InChI is InChI=1S/C12H16N2O7/c1-7-9(13-12(4-15,5-16)6-17)2-8(11(18)19)3-10(7)14(20)21/h2-3,13,15-17H,4-6H2,1H3,(H,18,19). The average molecular weight is 300 g/mol. The van der Waals surface area contributed by atoms with Crippen LogP contribution in [-0.4, -0.2) is 56.7 Å². The number of rotatable bonds is 7. The molecule has 1 aromatic rings. The van der Waals surface area contributed by atoms with Crippen molar-refractivity contribution < 1.29 is 30.1 Å². The number of nitro groups is 1. The van der Waals surface area contributed by atoms with E-state index in [1.165, 1.54) is 6.92 Å². The number of aliphatic hydroxyl groups is 3. The maximum absolute atomic E-state index is 11.0. The molecular formula is C12H16N2O7. The number of aliphatic hydroxyl groups excluding tert-OH is 3. The highest BCUT2D eigenvalue weighted by Gasteiger charge is 2.30. The number of carbonyl (C=O) groups is 1. The molecule has 0 heterocycles. The van der Waals surface area contributed by atoms with Crippen LogP contribution in [0.4, 0.5) is 11.4 Å². The molecule has 0 saturated heterocycles. The van der Waals surface area contributed by atoms with E-state index in [-0.39, 0.29) is 16.8 Å². The van der Waals surface area contributed by atoms with Crippen molar-refractivity contribution in [2.24, 2.45) is 0 Å². The highest BCUT2D eigenvalue weighted by molar-refractivity contribution is 5.90. The van der Waals surface area contributed by atoms with Gasteiger partial charge in [0.05, 0.1) is 30.3 Å². The molecule has 0 atom stereocenters. The predicted octanol–water partition coefficient (Wildman–Crippen LogP) is -0.271. The Kier molecular flexibility index (Phi) is 5.19. The summed E-state index contributed by atoms with van der Waals surface area (Å²) >= 11 is 0. The van der Waals surface area contributed by atoms with Crippen molar-refractivity contribution in [3.05, 3.63) is 33.4 Å². The number of nitrogens with one attached hydrogen (secondary N) is 1. The summed E-state index contributed by atoms with van der Waals surface area (Å²) in [5, 5.41) is 50.3. The number of nitrogens with zero attached hydrogens (tertiary/aromatic N) is 1. The molecule has 0 saturated carbocycles. The molecule has 0 unspecified atom stereocenters. The largest absolute Gasteiger partial charge is 0.478 e. The van der Waals surface area contributed by atoms with Crippen LogP contribution in [0.2, 0.25) is 0 Å². The van der Waals surface area contributed by atoms with E-state index < -0.39 is 41.9 Å². The van der Waals surface area contributed by atoms with E-state index in [4.69, 9.17) is 5.11 Å². The van der Waals surface area contributed by atoms with Gasteiger partial charge in [0.25, 0.3) is 5.69 Å². The molecule has 1 rings (SSSR count). The number of carboxylic acids is 1. The van der Waals surface area contributed by atoms with Crippen LogP contribution in [0.25, 0.3) is 0 Å². The summed E-state index contributed by atoms with van der Waals surface area (Å²) < 4.78 is 0. The van der Waals surface area contributed by atoms with Crippen molar-refractivity contribution in [3.8, 4) is 0 Å². The normalized spacial score (nSPS) is 11.2. The Bertz CT molecular complexity index is 547. The second-order valence-electron chi connectivity index (χ2n) is 4.61. The van der Waals surface area contributed by atoms with E-state index in [0.29, 0.717) is 0 Å². The van der Waals surface area contributed by atoms with Gasteiger partial charge in [0.15, 0.2) is 0 Å². The Balaban J connectivity index is 3.40. The summed E-state index contributed by atoms with van der Waals surface area (Å²) in [5.41, 5.74) is -2.09. The number of anilines is 1. The molecule has 9 nitrogen and oxygen atoms in total. The summed E-state index contributed by atoms with van der Waals surface area (Å²) in [5.74, 6) is -1.36. The fourth-order valence-electron chi connectivity index (χ4n) is 1.70. The lowest BCUT2D eigenvalue weighted by atomic mass is 10.00. The van der Waals surface area contributed by atoms with E-state index in [1.807, 2.05) is 0 Å². The minimum Gasteiger partial charge on any atom is -0.478 e. The summed E-state index contributed by atoms with van der Waals surface area (Å²) in [6.07, 6.45) is 0. The third-order valence-corrected chi connectivity index (χ3v) is 3.13. The Morgan fingerprint density at radius 2 is 1.81 bits per heavy atom. The van der Waals surface area contributed by atoms with Crippen molar-refractivity contribution in [3.63, 3.8) is 0 Å². The third kappa shape index (κ3) is 3.45. The minimum absolute atomic E-state index is 0.0405. The molecule has 0 aliphatic rings. The number of aromatic carboxylic acids is 1. The van der Waals surface area contributed by atoms with Crippen LogP contribution in [0.15, 0.2) is 12.1 Å². The van der Waals surface area contributed by atoms with Gasteiger partial charge in [-0.05, 0) is 13.0 Å². The Morgan fingerprint density at radius 3 is 2.19 bits per heavy atom. The summed E-state index contributed by atoms with van der Waals surface area (Å²) in [4.78, 5) is 21.2. The van der Waals surface area contributed by atoms with Crippen LogP contribution in [0.1, 0.15) is 15.9 Å². The van der Waals surface area contributed by atoms with Gasteiger partial charge in [0.2, 0.25) is 0 Å². The first-order valence-electron chi connectivity index (χ1n) is 5.93. The molecule has 5 N–H and O–H groups in total. The number of nitro benzene ring substituents is 1. The second kappa shape index (κ2) is 6.48. The summed E-state index contributed by atoms with van der Waals surface area (Å²) in [7, 11) is 0. The predicted molar refractivity (Wildman–Crippen MR) is 72.4 cm³/mol. The van der Waals surface area contributed by atoms with E-state index >= 15 is 0 Å². The molecule has 9 heteroatoms. The van der Waals surface area contributed by atoms with Gasteiger partial charge in [-0.15, -0.1) is 0 Å². The van der Waals surface area contributed by atoms with Crippen LogP contribution >= 0.6 is 0 Å². The van der Waals surface area contributed by atoms with Crippen molar-refractivity contribution in [2.75, 3.05) is 25.1 Å². The lowest BCUT2D eigenvalue weighted by Gasteiger charge is -2.30. The molecule has 0 fully saturated rings. The zero-order chi connectivity index (χ0) is 16.2. The summed E-state index contributed by atoms with van der Waals surface area (Å²) in [6, 6.07) is 2.06. The summed E-state index contributed by atoms with van der Waals surface area (Å²) in [6.45, 7) is -0.553. The fraction of sp³-hybridized carbons (Fsp3) is 0.417. The molecule has 0 aliphatic heterocycles. The lowest BCUT2D eigenvalue weighted by molar-refractivity contribution is -0.385. The average Bonchev–Trinajstić information content (AvgIpc) is 2.46. The number of benzene rings is 1. The molecule has 0 aliphatic carbocycles. The lowest BCUT2D eigenvalue weighted by Crippen LogP contribution is -2.49. The highest BCUT2D eigenvalue weighted by Crippen LogP contribution is 2.29. The number of hydrogen-bond acceptors (Lipinski definition) is 7. The van der Waals surface area contributed by atoms with Crippen LogP contribution < -0.4 is 5.32 Å². The molecule has 0 bridgehead atoms. The van der Waals surface area contributed by atoms with Crippen molar-refractivity contribution in [2.45, 2.75) is 12.5 Å². The Morgan fingerprint density at radius 1 is 1.29 bits per heavy atom. The van der Waals surface area contributed by atoms with Gasteiger partial charge < -0.3 is 25.7 Å². The topological polar surface area (TPSA) is 153 Å². The Hall–Kier alpha value is -2.23. The maximum Gasteiger partial charge on any atom is 0.336 e. The first-order chi connectivity index (χ1) is 9.80. The number of carboxylic acid groups (broad SMARTS) is 1. The molecule has 0 aromatic heterocycles. The third-order valence-electron chi connectivity index (χ3n) is 3.13.